The quantitative estimate of drug-likeness (QED) is 0.460. The fourth-order valence-corrected chi connectivity index (χ4v) is 6.86. The van der Waals surface area contributed by atoms with Gasteiger partial charge < -0.3 is 30.6 Å². The van der Waals surface area contributed by atoms with E-state index < -0.39 is 29.2 Å². The SMILES string of the molecule is COc1cc([C@@H](C(=O)N2CCCCC2(C(N)=O)[C@@H](C(N)=O)c2ccccc2)C2CCCCC2)cc(OC)c1OC. The molecule has 9 heteroatoms. The first-order valence-electron chi connectivity index (χ1n) is 14.1. The predicted octanol–water partition coefficient (Wildman–Crippen LogP) is 3.88. The van der Waals surface area contributed by atoms with Crippen molar-refractivity contribution in [2.45, 2.75) is 68.7 Å². The topological polar surface area (TPSA) is 134 Å². The maximum absolute atomic E-state index is 14.9. The van der Waals surface area contributed by atoms with Gasteiger partial charge in [0.25, 0.3) is 0 Å². The van der Waals surface area contributed by atoms with Crippen LogP contribution in [0.2, 0.25) is 0 Å². The van der Waals surface area contributed by atoms with Gasteiger partial charge in [0.15, 0.2) is 11.5 Å². The minimum atomic E-state index is -1.59. The number of ether oxygens (including phenoxy) is 3. The first-order chi connectivity index (χ1) is 19.3. The van der Waals surface area contributed by atoms with Gasteiger partial charge in [-0.3, -0.25) is 14.4 Å². The summed E-state index contributed by atoms with van der Waals surface area (Å²) < 4.78 is 16.8. The fraction of sp³-hybridized carbons (Fsp3) is 0.516. The number of hydrogen-bond donors (Lipinski definition) is 2. The van der Waals surface area contributed by atoms with Crippen LogP contribution in [-0.2, 0) is 14.4 Å². The van der Waals surface area contributed by atoms with Crippen LogP contribution in [0.25, 0.3) is 0 Å². The summed E-state index contributed by atoms with van der Waals surface area (Å²) in [6, 6.07) is 12.6. The molecule has 3 amide bonds. The Morgan fingerprint density at radius 2 is 1.48 bits per heavy atom. The van der Waals surface area contributed by atoms with E-state index in [2.05, 4.69) is 0 Å². The molecule has 0 spiro atoms. The lowest BCUT2D eigenvalue weighted by molar-refractivity contribution is -0.155. The van der Waals surface area contributed by atoms with E-state index in [4.69, 9.17) is 25.7 Å². The number of carbonyl (C=O) groups is 3. The highest BCUT2D eigenvalue weighted by molar-refractivity contribution is 6.00. The summed E-state index contributed by atoms with van der Waals surface area (Å²) >= 11 is 0. The number of amides is 3. The van der Waals surface area contributed by atoms with Crippen LogP contribution >= 0.6 is 0 Å². The van der Waals surface area contributed by atoms with E-state index in [1.807, 2.05) is 18.2 Å². The highest BCUT2D eigenvalue weighted by atomic mass is 16.5. The zero-order valence-electron chi connectivity index (χ0n) is 23.7. The molecule has 0 aromatic heterocycles. The van der Waals surface area contributed by atoms with E-state index in [1.54, 1.807) is 43.4 Å². The molecular formula is C31H41N3O6. The molecular weight excluding hydrogens is 510 g/mol. The van der Waals surface area contributed by atoms with Crippen molar-refractivity contribution in [2.24, 2.45) is 17.4 Å². The maximum atomic E-state index is 14.9. The van der Waals surface area contributed by atoms with Gasteiger partial charge in [0.05, 0.1) is 33.2 Å². The van der Waals surface area contributed by atoms with Crippen LogP contribution in [0.15, 0.2) is 42.5 Å². The molecule has 1 aliphatic carbocycles. The van der Waals surface area contributed by atoms with Gasteiger partial charge in [-0.05, 0) is 61.3 Å². The Hall–Kier alpha value is -3.75. The summed E-state index contributed by atoms with van der Waals surface area (Å²) in [5, 5.41) is 0. The Morgan fingerprint density at radius 3 is 2.00 bits per heavy atom. The Balaban J connectivity index is 1.89. The highest BCUT2D eigenvalue weighted by Crippen LogP contribution is 2.47. The summed E-state index contributed by atoms with van der Waals surface area (Å²) in [6.45, 7) is 0.298. The van der Waals surface area contributed by atoms with E-state index >= 15 is 0 Å². The van der Waals surface area contributed by atoms with Crippen LogP contribution in [0.3, 0.4) is 0 Å². The Kier molecular flexibility index (Phi) is 9.22. The third-order valence-electron chi connectivity index (χ3n) is 8.69. The Morgan fingerprint density at radius 1 is 0.850 bits per heavy atom. The predicted molar refractivity (Wildman–Crippen MR) is 151 cm³/mol. The van der Waals surface area contributed by atoms with Gasteiger partial charge in [0, 0.05) is 6.54 Å². The van der Waals surface area contributed by atoms with Crippen LogP contribution < -0.4 is 25.7 Å². The van der Waals surface area contributed by atoms with Gasteiger partial charge in [-0.1, -0.05) is 49.6 Å². The molecule has 0 bridgehead atoms. The molecule has 40 heavy (non-hydrogen) atoms. The first-order valence-corrected chi connectivity index (χ1v) is 14.1. The normalized spacial score (nSPS) is 21.2. The van der Waals surface area contributed by atoms with Gasteiger partial charge in [-0.2, -0.15) is 0 Å². The monoisotopic (exact) mass is 551 g/mol. The molecule has 1 unspecified atom stereocenters. The largest absolute Gasteiger partial charge is 0.493 e. The number of hydrogen-bond acceptors (Lipinski definition) is 6. The molecule has 2 fully saturated rings. The van der Waals surface area contributed by atoms with Gasteiger partial charge >= 0.3 is 0 Å². The van der Waals surface area contributed by atoms with Crippen molar-refractivity contribution in [1.29, 1.82) is 0 Å². The minimum absolute atomic E-state index is 0.0281. The molecule has 3 atom stereocenters. The van der Waals surface area contributed by atoms with Crippen molar-refractivity contribution in [3.05, 3.63) is 53.6 Å². The third kappa shape index (κ3) is 5.33. The fourth-order valence-electron chi connectivity index (χ4n) is 6.86. The van der Waals surface area contributed by atoms with Crippen LogP contribution in [0, 0.1) is 5.92 Å². The van der Waals surface area contributed by atoms with Crippen molar-refractivity contribution in [2.75, 3.05) is 27.9 Å². The molecule has 1 saturated carbocycles. The third-order valence-corrected chi connectivity index (χ3v) is 8.69. The number of primary amides is 2. The number of methoxy groups -OCH3 is 3. The molecule has 4 N–H and O–H groups in total. The van der Waals surface area contributed by atoms with Gasteiger partial charge in [0.2, 0.25) is 23.5 Å². The standard InChI is InChI=1S/C31H41N3O6/c1-38-23-18-22(19-24(39-2)27(23)40-3)25(20-12-6-4-7-13-20)29(36)34-17-11-10-16-31(34,30(33)37)26(28(32)35)21-14-8-5-9-15-21/h5,8-9,14-15,18-20,25-26H,4,6-7,10-13,16-17H2,1-3H3,(H2,32,35)(H2,33,37)/t25-,26+,31?/m0/s1. The first kappa shape index (κ1) is 29.2. The summed E-state index contributed by atoms with van der Waals surface area (Å²) in [5.41, 5.74) is 11.8. The van der Waals surface area contributed by atoms with Crippen molar-refractivity contribution < 1.29 is 28.6 Å². The molecule has 216 valence electrons. The number of benzene rings is 2. The van der Waals surface area contributed by atoms with Crippen LogP contribution in [0.5, 0.6) is 17.2 Å². The second kappa shape index (κ2) is 12.6. The maximum Gasteiger partial charge on any atom is 0.244 e. The van der Waals surface area contributed by atoms with E-state index in [0.717, 1.165) is 32.1 Å². The summed E-state index contributed by atoms with van der Waals surface area (Å²) in [5.74, 6) is -1.97. The molecule has 0 radical (unpaired) electrons. The molecule has 1 aliphatic heterocycles. The Labute approximate surface area is 236 Å². The second-order valence-corrected chi connectivity index (χ2v) is 10.8. The summed E-state index contributed by atoms with van der Waals surface area (Å²) in [4.78, 5) is 43.0. The lowest BCUT2D eigenvalue weighted by Crippen LogP contribution is -2.67. The van der Waals surface area contributed by atoms with Crippen molar-refractivity contribution >= 4 is 17.7 Å². The second-order valence-electron chi connectivity index (χ2n) is 10.8. The summed E-state index contributed by atoms with van der Waals surface area (Å²) in [7, 11) is 4.61. The van der Waals surface area contributed by atoms with E-state index in [-0.39, 0.29) is 18.2 Å². The smallest absolute Gasteiger partial charge is 0.244 e. The highest BCUT2D eigenvalue weighted by Gasteiger charge is 2.56. The van der Waals surface area contributed by atoms with Gasteiger partial charge in [-0.25, -0.2) is 0 Å². The van der Waals surface area contributed by atoms with E-state index in [1.165, 1.54) is 7.11 Å². The molecule has 2 aromatic rings. The average molecular weight is 552 g/mol. The van der Waals surface area contributed by atoms with Gasteiger partial charge in [-0.15, -0.1) is 0 Å². The summed E-state index contributed by atoms with van der Waals surface area (Å²) in [6.07, 6.45) is 6.43. The van der Waals surface area contributed by atoms with Crippen LogP contribution in [-0.4, -0.2) is 56.0 Å². The number of nitrogens with zero attached hydrogens (tertiary/aromatic N) is 1. The van der Waals surface area contributed by atoms with Crippen molar-refractivity contribution in [3.63, 3.8) is 0 Å². The van der Waals surface area contributed by atoms with Crippen LogP contribution in [0.1, 0.15) is 74.3 Å². The molecule has 1 heterocycles. The number of carbonyl (C=O) groups excluding carboxylic acids is 3. The average Bonchev–Trinajstić information content (AvgIpc) is 2.97. The molecule has 9 nitrogen and oxygen atoms in total. The molecule has 1 saturated heterocycles. The molecule has 2 aromatic carbocycles. The zero-order valence-corrected chi connectivity index (χ0v) is 23.7. The molecule has 2 aliphatic rings. The molecule has 4 rings (SSSR count). The van der Waals surface area contributed by atoms with Crippen LogP contribution in [0.4, 0.5) is 0 Å². The zero-order chi connectivity index (χ0) is 28.9. The van der Waals surface area contributed by atoms with E-state index in [0.29, 0.717) is 47.8 Å². The minimum Gasteiger partial charge on any atom is -0.493 e. The van der Waals surface area contributed by atoms with E-state index in [9.17, 15) is 14.4 Å². The van der Waals surface area contributed by atoms with Crippen molar-refractivity contribution in [3.8, 4) is 17.2 Å². The number of piperidine rings is 1. The number of rotatable bonds is 10. The lowest BCUT2D eigenvalue weighted by atomic mass is 9.69. The number of likely N-dealkylation sites (tertiary alicyclic amines) is 1. The van der Waals surface area contributed by atoms with Crippen molar-refractivity contribution in [1.82, 2.24) is 4.90 Å². The number of nitrogens with two attached hydrogens (primary N) is 2. The Bertz CT molecular complexity index is 1190. The lowest BCUT2D eigenvalue weighted by Gasteiger charge is -2.50. The van der Waals surface area contributed by atoms with Gasteiger partial charge in [0.1, 0.15) is 5.54 Å².